The van der Waals surface area contributed by atoms with Gasteiger partial charge in [-0.2, -0.15) is 0 Å². The Balaban J connectivity index is 2.13. The average Bonchev–Trinajstić information content (AvgIpc) is 3.14. The van der Waals surface area contributed by atoms with Gasteiger partial charge in [-0.1, -0.05) is 6.07 Å². The zero-order valence-electron chi connectivity index (χ0n) is 11.5. The lowest BCUT2D eigenvalue weighted by atomic mass is 9.85. The molecule has 0 unspecified atom stereocenters. The first-order valence-electron chi connectivity index (χ1n) is 6.61. The van der Waals surface area contributed by atoms with Gasteiger partial charge in [-0.05, 0) is 44.4 Å². The molecule has 1 N–H and O–H groups in total. The lowest BCUT2D eigenvalue weighted by Crippen LogP contribution is -2.28. The molecule has 1 aliphatic carbocycles. The largest absolute Gasteiger partial charge is 0.481 e. The minimum absolute atomic E-state index is 0.591. The summed E-state index contributed by atoms with van der Waals surface area (Å²) in [4.78, 5) is 16.0. The van der Waals surface area contributed by atoms with Crippen LogP contribution in [0.2, 0.25) is 0 Å². The third-order valence-electron chi connectivity index (χ3n) is 4.11. The summed E-state index contributed by atoms with van der Waals surface area (Å²) in [5, 5.41) is 9.30. The maximum atomic E-state index is 11.3. The lowest BCUT2D eigenvalue weighted by Gasteiger charge is -2.19. The normalized spacial score (nSPS) is 15.9. The number of carbonyl (C=O) groups is 1. The number of rotatable bonds is 3. The maximum Gasteiger partial charge on any atom is 0.313 e. The molecule has 100 valence electrons. The zero-order chi connectivity index (χ0) is 13.8. The van der Waals surface area contributed by atoms with Crippen molar-refractivity contribution >= 4 is 17.0 Å². The molecular formula is C15H18N2O2. The second-order valence-corrected chi connectivity index (χ2v) is 5.94. The van der Waals surface area contributed by atoms with E-state index in [1.54, 1.807) is 13.8 Å². The van der Waals surface area contributed by atoms with E-state index in [1.165, 1.54) is 12.8 Å². The van der Waals surface area contributed by atoms with Gasteiger partial charge in [-0.15, -0.1) is 0 Å². The molecular weight excluding hydrogens is 240 g/mol. The average molecular weight is 258 g/mol. The first kappa shape index (κ1) is 12.2. The van der Waals surface area contributed by atoms with Crippen LogP contribution in [0.25, 0.3) is 11.0 Å². The van der Waals surface area contributed by atoms with Gasteiger partial charge < -0.3 is 9.67 Å². The Morgan fingerprint density at radius 2 is 2.11 bits per heavy atom. The number of hydrogen-bond acceptors (Lipinski definition) is 2. The number of carboxylic acids is 1. The lowest BCUT2D eigenvalue weighted by molar-refractivity contribution is -0.142. The van der Waals surface area contributed by atoms with Crippen LogP contribution in [0.5, 0.6) is 0 Å². The number of carboxylic acid groups (broad SMARTS) is 1. The van der Waals surface area contributed by atoms with Crippen molar-refractivity contribution in [1.82, 2.24) is 9.55 Å². The van der Waals surface area contributed by atoms with E-state index in [1.807, 2.05) is 25.2 Å². The van der Waals surface area contributed by atoms with Gasteiger partial charge in [0.05, 0.1) is 16.4 Å². The van der Waals surface area contributed by atoms with Gasteiger partial charge in [0, 0.05) is 13.0 Å². The van der Waals surface area contributed by atoms with Gasteiger partial charge >= 0.3 is 5.97 Å². The Morgan fingerprint density at radius 3 is 2.68 bits per heavy atom. The summed E-state index contributed by atoms with van der Waals surface area (Å²) in [6.07, 6.45) is 2.43. The fraction of sp³-hybridized carbons (Fsp3) is 0.467. The van der Waals surface area contributed by atoms with E-state index in [9.17, 15) is 9.90 Å². The molecule has 0 aliphatic heterocycles. The molecule has 1 heterocycles. The highest BCUT2D eigenvalue weighted by atomic mass is 16.4. The standard InChI is InChI=1S/C15H18N2O2/c1-15(2,14(18)19)10-6-7-12-11(8-10)16-13(17(12)3)9-4-5-9/h6-9H,4-5H2,1-3H3,(H,18,19). The third kappa shape index (κ3) is 1.82. The molecule has 0 saturated heterocycles. The Kier molecular flexibility index (Phi) is 2.46. The number of aliphatic carboxylic acids is 1. The predicted octanol–water partition coefficient (Wildman–Crippen LogP) is 2.81. The SMILES string of the molecule is Cn1c(C2CC2)nc2cc(C(C)(C)C(=O)O)ccc21. The number of imidazole rings is 1. The molecule has 3 rings (SSSR count). The van der Waals surface area contributed by atoms with Gasteiger partial charge in [-0.3, -0.25) is 4.79 Å². The summed E-state index contributed by atoms with van der Waals surface area (Å²) in [7, 11) is 2.03. The number of fused-ring (bicyclic) bond motifs is 1. The van der Waals surface area contributed by atoms with E-state index < -0.39 is 11.4 Å². The second-order valence-electron chi connectivity index (χ2n) is 5.94. The van der Waals surface area contributed by atoms with Crippen LogP contribution >= 0.6 is 0 Å². The molecule has 1 aliphatic rings. The Bertz CT molecular complexity index is 666. The number of hydrogen-bond donors (Lipinski definition) is 1. The van der Waals surface area contributed by atoms with E-state index >= 15 is 0 Å². The van der Waals surface area contributed by atoms with E-state index in [-0.39, 0.29) is 0 Å². The molecule has 1 aromatic heterocycles. The molecule has 2 aromatic rings. The fourth-order valence-electron chi connectivity index (χ4n) is 2.44. The van der Waals surface area contributed by atoms with Gasteiger partial charge in [0.1, 0.15) is 5.82 Å². The molecule has 4 nitrogen and oxygen atoms in total. The van der Waals surface area contributed by atoms with Crippen molar-refractivity contribution in [3.8, 4) is 0 Å². The molecule has 0 atom stereocenters. The summed E-state index contributed by atoms with van der Waals surface area (Å²) in [6.45, 7) is 3.45. The van der Waals surface area contributed by atoms with E-state index in [0.717, 1.165) is 22.4 Å². The van der Waals surface area contributed by atoms with Crippen molar-refractivity contribution < 1.29 is 9.90 Å². The Labute approximate surface area is 112 Å². The van der Waals surface area contributed by atoms with Crippen molar-refractivity contribution in [3.05, 3.63) is 29.6 Å². The third-order valence-corrected chi connectivity index (χ3v) is 4.11. The van der Waals surface area contributed by atoms with Crippen LogP contribution < -0.4 is 0 Å². The van der Waals surface area contributed by atoms with Crippen LogP contribution in [0.4, 0.5) is 0 Å². The predicted molar refractivity (Wildman–Crippen MR) is 73.4 cm³/mol. The topological polar surface area (TPSA) is 55.1 Å². The molecule has 1 fully saturated rings. The summed E-state index contributed by atoms with van der Waals surface area (Å²) in [6, 6.07) is 5.79. The van der Waals surface area contributed by atoms with E-state index in [4.69, 9.17) is 0 Å². The number of nitrogens with zero attached hydrogens (tertiary/aromatic N) is 2. The minimum Gasteiger partial charge on any atom is -0.481 e. The summed E-state index contributed by atoms with van der Waals surface area (Å²) < 4.78 is 2.13. The van der Waals surface area contributed by atoms with Crippen LogP contribution in [0.3, 0.4) is 0 Å². The molecule has 0 amide bonds. The van der Waals surface area contributed by atoms with Crippen LogP contribution in [-0.2, 0) is 17.3 Å². The Morgan fingerprint density at radius 1 is 1.42 bits per heavy atom. The van der Waals surface area contributed by atoms with Gasteiger partial charge in [0.25, 0.3) is 0 Å². The van der Waals surface area contributed by atoms with Gasteiger partial charge in [-0.25, -0.2) is 4.98 Å². The van der Waals surface area contributed by atoms with Crippen molar-refractivity contribution in [2.75, 3.05) is 0 Å². The van der Waals surface area contributed by atoms with E-state index in [0.29, 0.717) is 5.92 Å². The quantitative estimate of drug-likeness (QED) is 0.921. The van der Waals surface area contributed by atoms with Crippen LogP contribution in [0.15, 0.2) is 18.2 Å². The molecule has 0 radical (unpaired) electrons. The summed E-state index contributed by atoms with van der Waals surface area (Å²) >= 11 is 0. The monoisotopic (exact) mass is 258 g/mol. The smallest absolute Gasteiger partial charge is 0.313 e. The van der Waals surface area contributed by atoms with E-state index in [2.05, 4.69) is 9.55 Å². The van der Waals surface area contributed by atoms with Crippen molar-refractivity contribution in [3.63, 3.8) is 0 Å². The van der Waals surface area contributed by atoms with Gasteiger partial charge in [0.15, 0.2) is 0 Å². The van der Waals surface area contributed by atoms with Gasteiger partial charge in [0.2, 0.25) is 0 Å². The Hall–Kier alpha value is -1.84. The summed E-state index contributed by atoms with van der Waals surface area (Å²) in [5.41, 5.74) is 1.89. The zero-order valence-corrected chi connectivity index (χ0v) is 11.5. The molecule has 4 heteroatoms. The van der Waals surface area contributed by atoms with Crippen molar-refractivity contribution in [2.45, 2.75) is 38.0 Å². The highest BCUT2D eigenvalue weighted by molar-refractivity contribution is 5.84. The molecule has 1 aromatic carbocycles. The number of aromatic nitrogens is 2. The minimum atomic E-state index is -0.883. The number of aryl methyl sites for hydroxylation is 1. The van der Waals surface area contributed by atoms with Crippen LogP contribution in [0.1, 0.15) is 44.0 Å². The van der Waals surface area contributed by atoms with Crippen molar-refractivity contribution in [2.24, 2.45) is 7.05 Å². The molecule has 0 bridgehead atoms. The second kappa shape index (κ2) is 3.83. The molecule has 1 saturated carbocycles. The van der Waals surface area contributed by atoms with Crippen LogP contribution in [-0.4, -0.2) is 20.6 Å². The molecule has 0 spiro atoms. The van der Waals surface area contributed by atoms with Crippen LogP contribution in [0, 0.1) is 0 Å². The first-order chi connectivity index (χ1) is 8.91. The summed E-state index contributed by atoms with van der Waals surface area (Å²) in [5.74, 6) is 0.902. The van der Waals surface area contributed by atoms with Crippen molar-refractivity contribution in [1.29, 1.82) is 0 Å². The number of benzene rings is 1. The highest BCUT2D eigenvalue weighted by Gasteiger charge is 2.31. The highest BCUT2D eigenvalue weighted by Crippen LogP contribution is 2.40. The fourth-order valence-corrected chi connectivity index (χ4v) is 2.44. The first-order valence-corrected chi connectivity index (χ1v) is 6.61. The maximum absolute atomic E-state index is 11.3. The molecule has 19 heavy (non-hydrogen) atoms.